The fraction of sp³-hybridized carbons (Fsp3) is 0.0500. The molecule has 0 aliphatic rings. The summed E-state index contributed by atoms with van der Waals surface area (Å²) in [5.41, 5.74) is 11.1. The number of carbonyl (C=O) groups excluding carboxylic acids is 3. The third-order valence-electron chi connectivity index (χ3n) is 3.86. The number of benzene rings is 2. The van der Waals surface area contributed by atoms with Crippen LogP contribution < -0.4 is 21.3 Å². The summed E-state index contributed by atoms with van der Waals surface area (Å²) in [4.78, 5) is 35.8. The lowest BCUT2D eigenvalue weighted by Crippen LogP contribution is -2.44. The molecule has 0 fully saturated rings. The van der Waals surface area contributed by atoms with E-state index in [1.54, 1.807) is 34.9 Å². The second-order valence-electron chi connectivity index (χ2n) is 5.76. The number of hydrogen-bond acceptors (Lipinski definition) is 4. The van der Waals surface area contributed by atoms with Gasteiger partial charge in [0.2, 0.25) is 0 Å². The third-order valence-corrected chi connectivity index (χ3v) is 3.86. The van der Waals surface area contributed by atoms with Gasteiger partial charge in [-0.1, -0.05) is 24.3 Å². The maximum absolute atomic E-state index is 12.4. The molecule has 4 N–H and O–H groups in total. The summed E-state index contributed by atoms with van der Waals surface area (Å²) < 4.78 is 7.10. The largest absolute Gasteiger partial charge is 0.483 e. The van der Waals surface area contributed by atoms with E-state index in [1.165, 1.54) is 12.1 Å². The molecule has 8 heteroatoms. The number of carbonyl (C=O) groups is 3. The van der Waals surface area contributed by atoms with Gasteiger partial charge in [0.05, 0.1) is 16.8 Å². The predicted molar refractivity (Wildman–Crippen MR) is 102 cm³/mol. The Kier molecular flexibility index (Phi) is 5.71. The number of primary amides is 1. The Morgan fingerprint density at radius 3 is 2.21 bits per heavy atom. The van der Waals surface area contributed by atoms with Crippen molar-refractivity contribution < 1.29 is 19.1 Å². The van der Waals surface area contributed by atoms with Crippen LogP contribution in [0.2, 0.25) is 0 Å². The fourth-order valence-corrected chi connectivity index (χ4v) is 2.56. The van der Waals surface area contributed by atoms with Gasteiger partial charge in [-0.2, -0.15) is 0 Å². The Balaban J connectivity index is 1.59. The molecule has 8 nitrogen and oxygen atoms in total. The summed E-state index contributed by atoms with van der Waals surface area (Å²) >= 11 is 0. The topological polar surface area (TPSA) is 115 Å². The van der Waals surface area contributed by atoms with Crippen LogP contribution in [-0.4, -0.2) is 28.9 Å². The first-order chi connectivity index (χ1) is 13.6. The fourth-order valence-electron chi connectivity index (χ4n) is 2.56. The van der Waals surface area contributed by atoms with E-state index in [2.05, 4.69) is 10.9 Å². The first-order valence-corrected chi connectivity index (χ1v) is 8.39. The standard InChI is InChI=1S/C20H18N4O4/c21-19(26)15-8-2-4-10-17(15)28-13-18(25)22-23-20(27)14-7-1-3-9-16(14)24-11-5-6-12-24/h1-12H,13H2,(H2,21,26)(H,22,25)(H,23,27). The van der Waals surface area contributed by atoms with Crippen LogP contribution in [-0.2, 0) is 4.79 Å². The van der Waals surface area contributed by atoms with Gasteiger partial charge in [-0.25, -0.2) is 0 Å². The highest BCUT2D eigenvalue weighted by Crippen LogP contribution is 2.17. The molecule has 3 rings (SSSR count). The van der Waals surface area contributed by atoms with Crippen LogP contribution in [0.4, 0.5) is 0 Å². The van der Waals surface area contributed by atoms with Crippen molar-refractivity contribution in [3.05, 3.63) is 84.2 Å². The van der Waals surface area contributed by atoms with Crippen molar-refractivity contribution in [2.75, 3.05) is 6.61 Å². The summed E-state index contributed by atoms with van der Waals surface area (Å²) in [7, 11) is 0. The van der Waals surface area contributed by atoms with Gasteiger partial charge < -0.3 is 15.0 Å². The Labute approximate surface area is 160 Å². The molecule has 0 aliphatic heterocycles. The molecule has 0 radical (unpaired) electrons. The number of rotatable bonds is 6. The molecule has 0 atom stereocenters. The van der Waals surface area contributed by atoms with Crippen molar-refractivity contribution >= 4 is 17.7 Å². The van der Waals surface area contributed by atoms with Gasteiger partial charge in [-0.3, -0.25) is 25.2 Å². The van der Waals surface area contributed by atoms with Gasteiger partial charge >= 0.3 is 0 Å². The number of nitrogens with zero attached hydrogens (tertiary/aromatic N) is 1. The Morgan fingerprint density at radius 2 is 1.50 bits per heavy atom. The minimum absolute atomic E-state index is 0.167. The Hall–Kier alpha value is -4.07. The molecule has 0 aliphatic carbocycles. The second-order valence-corrected chi connectivity index (χ2v) is 5.76. The van der Waals surface area contributed by atoms with E-state index in [4.69, 9.17) is 10.5 Å². The van der Waals surface area contributed by atoms with E-state index in [9.17, 15) is 14.4 Å². The monoisotopic (exact) mass is 378 g/mol. The zero-order valence-corrected chi connectivity index (χ0v) is 14.8. The maximum atomic E-state index is 12.4. The number of nitrogens with one attached hydrogen (secondary N) is 2. The van der Waals surface area contributed by atoms with Crippen LogP contribution in [0.1, 0.15) is 20.7 Å². The summed E-state index contributed by atoms with van der Waals surface area (Å²) in [5, 5.41) is 0. The minimum Gasteiger partial charge on any atom is -0.483 e. The molecule has 28 heavy (non-hydrogen) atoms. The number of amides is 3. The predicted octanol–water partition coefficient (Wildman–Crippen LogP) is 1.42. The van der Waals surface area contributed by atoms with Crippen LogP contribution in [0, 0.1) is 0 Å². The van der Waals surface area contributed by atoms with Gasteiger partial charge in [-0.15, -0.1) is 0 Å². The molecule has 1 aromatic heterocycles. The third kappa shape index (κ3) is 4.36. The molecule has 142 valence electrons. The van der Waals surface area contributed by atoms with Crippen molar-refractivity contribution in [1.82, 2.24) is 15.4 Å². The molecule has 0 bridgehead atoms. The van der Waals surface area contributed by atoms with Gasteiger partial charge in [0, 0.05) is 12.4 Å². The Bertz CT molecular complexity index is 999. The van der Waals surface area contributed by atoms with Crippen molar-refractivity contribution in [2.45, 2.75) is 0 Å². The highest BCUT2D eigenvalue weighted by atomic mass is 16.5. The lowest BCUT2D eigenvalue weighted by atomic mass is 10.1. The van der Waals surface area contributed by atoms with Crippen LogP contribution >= 0.6 is 0 Å². The van der Waals surface area contributed by atoms with E-state index >= 15 is 0 Å². The molecule has 0 saturated carbocycles. The quantitative estimate of drug-likeness (QED) is 0.563. The van der Waals surface area contributed by atoms with Gasteiger partial charge in [0.1, 0.15) is 5.75 Å². The molecule has 0 saturated heterocycles. The average Bonchev–Trinajstić information content (AvgIpc) is 3.25. The van der Waals surface area contributed by atoms with Crippen molar-refractivity contribution in [3.63, 3.8) is 0 Å². The van der Waals surface area contributed by atoms with E-state index in [0.29, 0.717) is 11.3 Å². The van der Waals surface area contributed by atoms with Gasteiger partial charge in [0.15, 0.2) is 6.61 Å². The lowest BCUT2D eigenvalue weighted by Gasteiger charge is -2.12. The minimum atomic E-state index is -0.661. The molecule has 3 aromatic rings. The number of hydrogen-bond donors (Lipinski definition) is 3. The number of hydrazine groups is 1. The molecule has 3 amide bonds. The van der Waals surface area contributed by atoms with Crippen LogP contribution in [0.15, 0.2) is 73.1 Å². The molecule has 1 heterocycles. The lowest BCUT2D eigenvalue weighted by molar-refractivity contribution is -0.123. The summed E-state index contributed by atoms with van der Waals surface area (Å²) in [6.07, 6.45) is 3.63. The summed E-state index contributed by atoms with van der Waals surface area (Å²) in [6, 6.07) is 17.0. The zero-order chi connectivity index (χ0) is 19.9. The van der Waals surface area contributed by atoms with Crippen molar-refractivity contribution in [1.29, 1.82) is 0 Å². The second kappa shape index (κ2) is 8.54. The first-order valence-electron chi connectivity index (χ1n) is 8.39. The van der Waals surface area contributed by atoms with Crippen LogP contribution in [0.5, 0.6) is 5.75 Å². The molecular weight excluding hydrogens is 360 g/mol. The van der Waals surface area contributed by atoms with Crippen LogP contribution in [0.25, 0.3) is 5.69 Å². The SMILES string of the molecule is NC(=O)c1ccccc1OCC(=O)NNC(=O)c1ccccc1-n1cccc1. The molecular formula is C20H18N4O4. The number of nitrogens with two attached hydrogens (primary N) is 1. The Morgan fingerprint density at radius 1 is 0.857 bits per heavy atom. The van der Waals surface area contributed by atoms with E-state index in [-0.39, 0.29) is 11.3 Å². The first kappa shape index (κ1) is 18.7. The van der Waals surface area contributed by atoms with E-state index in [0.717, 1.165) is 0 Å². The zero-order valence-electron chi connectivity index (χ0n) is 14.8. The number of aromatic nitrogens is 1. The smallest absolute Gasteiger partial charge is 0.276 e. The highest BCUT2D eigenvalue weighted by molar-refractivity contribution is 5.99. The number of ether oxygens (including phenoxy) is 1. The van der Waals surface area contributed by atoms with Crippen molar-refractivity contribution in [3.8, 4) is 11.4 Å². The molecule has 0 unspecified atom stereocenters. The number of para-hydroxylation sites is 2. The maximum Gasteiger partial charge on any atom is 0.276 e. The van der Waals surface area contributed by atoms with Crippen molar-refractivity contribution in [2.24, 2.45) is 5.73 Å². The summed E-state index contributed by atoms with van der Waals surface area (Å²) in [6.45, 7) is -0.399. The summed E-state index contributed by atoms with van der Waals surface area (Å²) in [5.74, 6) is -1.54. The molecule has 0 spiro atoms. The molecule has 2 aromatic carbocycles. The van der Waals surface area contributed by atoms with Gasteiger partial charge in [0.25, 0.3) is 17.7 Å². The van der Waals surface area contributed by atoms with E-state index in [1.807, 2.05) is 30.6 Å². The van der Waals surface area contributed by atoms with E-state index < -0.39 is 24.3 Å². The highest BCUT2D eigenvalue weighted by Gasteiger charge is 2.14. The van der Waals surface area contributed by atoms with Gasteiger partial charge in [-0.05, 0) is 36.4 Å². The average molecular weight is 378 g/mol. The van der Waals surface area contributed by atoms with Crippen LogP contribution in [0.3, 0.4) is 0 Å². The normalized spacial score (nSPS) is 10.1.